The number of primary amides is 1. The maximum atomic E-state index is 13.3. The van der Waals surface area contributed by atoms with Crippen LogP contribution in [0.2, 0.25) is 0 Å². The van der Waals surface area contributed by atoms with E-state index in [1.807, 2.05) is 0 Å². The second-order valence-corrected chi connectivity index (χ2v) is 3.51. The fourth-order valence-electron chi connectivity index (χ4n) is 1.05. The SMILES string of the molecule is NC(=O)CCOc1ccc(C(N)=S)c(F)c1. The van der Waals surface area contributed by atoms with Crippen LogP contribution < -0.4 is 16.2 Å². The average molecular weight is 242 g/mol. The predicted molar refractivity (Wildman–Crippen MR) is 61.6 cm³/mol. The minimum absolute atomic E-state index is 0.0128. The van der Waals surface area contributed by atoms with Crippen molar-refractivity contribution in [2.45, 2.75) is 6.42 Å². The van der Waals surface area contributed by atoms with Gasteiger partial charge in [0, 0.05) is 11.6 Å². The zero-order chi connectivity index (χ0) is 12.1. The number of hydrogen-bond acceptors (Lipinski definition) is 3. The van der Waals surface area contributed by atoms with E-state index in [9.17, 15) is 9.18 Å². The van der Waals surface area contributed by atoms with E-state index in [0.29, 0.717) is 5.75 Å². The molecule has 0 aliphatic carbocycles. The molecule has 1 rings (SSSR count). The highest BCUT2D eigenvalue weighted by Crippen LogP contribution is 2.16. The number of amides is 1. The van der Waals surface area contributed by atoms with E-state index < -0.39 is 11.7 Å². The van der Waals surface area contributed by atoms with Gasteiger partial charge in [-0.3, -0.25) is 4.79 Å². The van der Waals surface area contributed by atoms with E-state index in [0.717, 1.165) is 6.07 Å². The number of nitrogens with two attached hydrogens (primary N) is 2. The lowest BCUT2D eigenvalue weighted by molar-refractivity contribution is -0.118. The van der Waals surface area contributed by atoms with E-state index in [-0.39, 0.29) is 23.6 Å². The van der Waals surface area contributed by atoms with E-state index >= 15 is 0 Å². The Bertz CT molecular complexity index is 423. The lowest BCUT2D eigenvalue weighted by atomic mass is 10.2. The van der Waals surface area contributed by atoms with E-state index in [2.05, 4.69) is 12.2 Å². The molecule has 6 heteroatoms. The third-order valence-electron chi connectivity index (χ3n) is 1.82. The molecule has 0 heterocycles. The molecule has 0 saturated carbocycles. The highest BCUT2D eigenvalue weighted by molar-refractivity contribution is 7.80. The first-order valence-electron chi connectivity index (χ1n) is 4.51. The number of halogens is 1. The summed E-state index contributed by atoms with van der Waals surface area (Å²) in [5.74, 6) is -0.719. The van der Waals surface area contributed by atoms with Gasteiger partial charge in [0.1, 0.15) is 16.6 Å². The van der Waals surface area contributed by atoms with Crippen LogP contribution in [0.4, 0.5) is 4.39 Å². The Kier molecular flexibility index (Phi) is 4.19. The minimum atomic E-state index is -0.552. The minimum Gasteiger partial charge on any atom is -0.493 e. The Morgan fingerprint density at radius 3 is 2.62 bits per heavy atom. The molecule has 0 aliphatic rings. The molecule has 16 heavy (non-hydrogen) atoms. The fourth-order valence-corrected chi connectivity index (χ4v) is 1.22. The van der Waals surface area contributed by atoms with Crippen LogP contribution in [-0.4, -0.2) is 17.5 Å². The van der Waals surface area contributed by atoms with E-state index in [1.54, 1.807) is 0 Å². The molecule has 0 fully saturated rings. The van der Waals surface area contributed by atoms with Gasteiger partial charge >= 0.3 is 0 Å². The second kappa shape index (κ2) is 5.41. The summed E-state index contributed by atoms with van der Waals surface area (Å²) < 4.78 is 18.5. The summed E-state index contributed by atoms with van der Waals surface area (Å²) in [7, 11) is 0. The van der Waals surface area contributed by atoms with Gasteiger partial charge < -0.3 is 16.2 Å². The van der Waals surface area contributed by atoms with Gasteiger partial charge in [0.2, 0.25) is 5.91 Å². The van der Waals surface area contributed by atoms with Crippen molar-refractivity contribution >= 4 is 23.1 Å². The Hall–Kier alpha value is -1.69. The molecule has 0 radical (unpaired) electrons. The topological polar surface area (TPSA) is 78.3 Å². The summed E-state index contributed by atoms with van der Waals surface area (Å²) in [4.78, 5) is 10.4. The fraction of sp³-hybridized carbons (Fsp3) is 0.200. The first-order chi connectivity index (χ1) is 7.50. The molecule has 0 atom stereocenters. The van der Waals surface area contributed by atoms with Crippen molar-refractivity contribution in [2.75, 3.05) is 6.61 Å². The smallest absolute Gasteiger partial charge is 0.220 e. The van der Waals surface area contributed by atoms with Crippen LogP contribution in [0.3, 0.4) is 0 Å². The molecule has 0 aliphatic heterocycles. The van der Waals surface area contributed by atoms with Gasteiger partial charge in [-0.2, -0.15) is 0 Å². The van der Waals surface area contributed by atoms with Crippen molar-refractivity contribution in [1.82, 2.24) is 0 Å². The number of rotatable bonds is 5. The van der Waals surface area contributed by atoms with Crippen LogP contribution >= 0.6 is 12.2 Å². The number of ether oxygens (including phenoxy) is 1. The third kappa shape index (κ3) is 3.47. The van der Waals surface area contributed by atoms with Crippen LogP contribution in [0.15, 0.2) is 18.2 Å². The molecule has 0 saturated heterocycles. The lowest BCUT2D eigenvalue weighted by Crippen LogP contribution is -2.15. The number of thiocarbonyl (C=S) groups is 1. The Morgan fingerprint density at radius 2 is 2.12 bits per heavy atom. The van der Waals surface area contributed by atoms with Gasteiger partial charge in [0.15, 0.2) is 0 Å². The molecular weight excluding hydrogens is 231 g/mol. The summed E-state index contributed by atoms with van der Waals surface area (Å²) in [6, 6.07) is 4.12. The largest absolute Gasteiger partial charge is 0.493 e. The van der Waals surface area contributed by atoms with Gasteiger partial charge in [-0.15, -0.1) is 0 Å². The van der Waals surface area contributed by atoms with Crippen LogP contribution in [-0.2, 0) is 4.79 Å². The van der Waals surface area contributed by atoms with Crippen LogP contribution in [0, 0.1) is 5.82 Å². The number of carbonyl (C=O) groups excluding carboxylic acids is 1. The standard InChI is InChI=1S/C10H11FN2O2S/c11-8-5-6(15-4-3-9(12)14)1-2-7(8)10(13)16/h1-2,5H,3-4H2,(H2,12,14)(H2,13,16). The Morgan fingerprint density at radius 1 is 1.44 bits per heavy atom. The Labute approximate surface area is 97.4 Å². The summed E-state index contributed by atoms with van der Waals surface area (Å²) in [5.41, 5.74) is 10.4. The molecule has 0 spiro atoms. The molecular formula is C10H11FN2O2S. The first-order valence-corrected chi connectivity index (χ1v) is 4.92. The maximum absolute atomic E-state index is 13.3. The van der Waals surface area contributed by atoms with Crippen LogP contribution in [0.1, 0.15) is 12.0 Å². The summed E-state index contributed by atoms with van der Waals surface area (Å²) >= 11 is 4.65. The zero-order valence-corrected chi connectivity index (χ0v) is 9.22. The van der Waals surface area contributed by atoms with Crippen molar-refractivity contribution in [1.29, 1.82) is 0 Å². The maximum Gasteiger partial charge on any atom is 0.220 e. The summed E-state index contributed by atoms with van der Waals surface area (Å²) in [6.45, 7) is 0.112. The summed E-state index contributed by atoms with van der Waals surface area (Å²) in [5, 5.41) is 0. The molecule has 1 aromatic rings. The molecule has 1 aromatic carbocycles. The van der Waals surface area contributed by atoms with Crippen molar-refractivity contribution in [3.63, 3.8) is 0 Å². The highest BCUT2D eigenvalue weighted by atomic mass is 32.1. The highest BCUT2D eigenvalue weighted by Gasteiger charge is 2.06. The van der Waals surface area contributed by atoms with Crippen LogP contribution in [0.25, 0.3) is 0 Å². The first kappa shape index (κ1) is 12.4. The second-order valence-electron chi connectivity index (χ2n) is 3.07. The molecule has 4 N–H and O–H groups in total. The van der Waals surface area contributed by atoms with Gasteiger partial charge in [-0.05, 0) is 12.1 Å². The monoisotopic (exact) mass is 242 g/mol. The van der Waals surface area contributed by atoms with Crippen LogP contribution in [0.5, 0.6) is 5.75 Å². The average Bonchev–Trinajstić information content (AvgIpc) is 2.16. The van der Waals surface area contributed by atoms with Gasteiger partial charge in [-0.1, -0.05) is 12.2 Å². The number of benzene rings is 1. The van der Waals surface area contributed by atoms with Crippen molar-refractivity contribution in [2.24, 2.45) is 11.5 Å². The third-order valence-corrected chi connectivity index (χ3v) is 2.04. The van der Waals surface area contributed by atoms with Crippen molar-refractivity contribution in [3.05, 3.63) is 29.6 Å². The number of carbonyl (C=O) groups is 1. The van der Waals surface area contributed by atoms with Gasteiger partial charge in [0.05, 0.1) is 13.0 Å². The molecule has 86 valence electrons. The predicted octanol–water partition coefficient (Wildman–Crippen LogP) is 0.714. The molecule has 0 bridgehead atoms. The normalized spacial score (nSPS) is 9.81. The zero-order valence-electron chi connectivity index (χ0n) is 8.40. The number of hydrogen-bond donors (Lipinski definition) is 2. The molecule has 0 unspecified atom stereocenters. The van der Waals surface area contributed by atoms with E-state index in [1.165, 1.54) is 12.1 Å². The lowest BCUT2D eigenvalue weighted by Gasteiger charge is -2.06. The van der Waals surface area contributed by atoms with Crippen molar-refractivity contribution in [3.8, 4) is 5.75 Å². The quantitative estimate of drug-likeness (QED) is 0.745. The molecule has 4 nitrogen and oxygen atoms in total. The van der Waals surface area contributed by atoms with E-state index in [4.69, 9.17) is 16.2 Å². The van der Waals surface area contributed by atoms with Gasteiger partial charge in [0.25, 0.3) is 0 Å². The molecule has 1 amide bonds. The van der Waals surface area contributed by atoms with Gasteiger partial charge in [-0.25, -0.2) is 4.39 Å². The Balaban J connectivity index is 2.66. The van der Waals surface area contributed by atoms with Crippen molar-refractivity contribution < 1.29 is 13.9 Å². The molecule has 0 aromatic heterocycles. The summed E-state index contributed by atoms with van der Waals surface area (Å²) in [6.07, 6.45) is 0.0820.